The lowest BCUT2D eigenvalue weighted by Gasteiger charge is -2.06. The van der Waals surface area contributed by atoms with Gasteiger partial charge in [0.2, 0.25) is 5.78 Å². The van der Waals surface area contributed by atoms with E-state index in [4.69, 9.17) is 10.00 Å². The van der Waals surface area contributed by atoms with Crippen LogP contribution in [0.2, 0.25) is 0 Å². The first-order chi connectivity index (χ1) is 14.5. The van der Waals surface area contributed by atoms with E-state index < -0.39 is 19.2 Å². The molecule has 6 nitrogen and oxygen atoms in total. The Morgan fingerprint density at radius 2 is 1.83 bits per heavy atom. The molecule has 0 aliphatic rings. The predicted octanol–water partition coefficient (Wildman–Crippen LogP) is 4.12. The van der Waals surface area contributed by atoms with Gasteiger partial charge < -0.3 is 14.0 Å². The first-order valence-corrected chi connectivity index (χ1v) is 9.15. The van der Waals surface area contributed by atoms with Crippen molar-refractivity contribution >= 4 is 22.7 Å². The van der Waals surface area contributed by atoms with Gasteiger partial charge in [-0.05, 0) is 23.8 Å². The molecule has 154 valence electrons. The highest BCUT2D eigenvalue weighted by Crippen LogP contribution is 2.22. The number of Topliss-reactive ketones (excluding diaryl/α,β-unsaturated/α-hetero) is 1. The van der Waals surface area contributed by atoms with Crippen molar-refractivity contribution in [1.82, 2.24) is 4.57 Å². The number of nitrogens with zero attached hydrogens (tertiary/aromatic N) is 2. The van der Waals surface area contributed by atoms with Crippen LogP contribution in [-0.4, -0.2) is 29.5 Å². The summed E-state index contributed by atoms with van der Waals surface area (Å²) in [5.74, 6) is -0.972. The van der Waals surface area contributed by atoms with Crippen LogP contribution in [0.4, 0.5) is 8.78 Å². The second kappa shape index (κ2) is 9.65. The quantitative estimate of drug-likeness (QED) is 0.390. The number of benzene rings is 2. The lowest BCUT2D eigenvalue weighted by Crippen LogP contribution is -2.15. The molecular weight excluding hydrogens is 394 g/mol. The molecule has 0 amide bonds. The molecular formula is C22H18F2N2O4. The first-order valence-electron chi connectivity index (χ1n) is 9.15. The first kappa shape index (κ1) is 21.0. The van der Waals surface area contributed by atoms with E-state index in [0.29, 0.717) is 24.1 Å². The number of esters is 1. The number of aromatic nitrogens is 1. The lowest BCUT2D eigenvalue weighted by atomic mass is 10.1. The molecule has 30 heavy (non-hydrogen) atoms. The van der Waals surface area contributed by atoms with Gasteiger partial charge in [-0.2, -0.15) is 14.0 Å². The van der Waals surface area contributed by atoms with E-state index >= 15 is 0 Å². The average Bonchev–Trinajstić information content (AvgIpc) is 3.10. The second-order valence-electron chi connectivity index (χ2n) is 6.44. The van der Waals surface area contributed by atoms with Crippen molar-refractivity contribution < 1.29 is 27.8 Å². The summed E-state index contributed by atoms with van der Waals surface area (Å²) in [7, 11) is 0. The van der Waals surface area contributed by atoms with E-state index in [1.807, 2.05) is 16.7 Å². The molecule has 0 radical (unpaired) electrons. The van der Waals surface area contributed by atoms with Crippen LogP contribution in [0.25, 0.3) is 10.9 Å². The van der Waals surface area contributed by atoms with E-state index in [1.54, 1.807) is 18.3 Å². The summed E-state index contributed by atoms with van der Waals surface area (Å²) in [6, 6.07) is 15.0. The van der Waals surface area contributed by atoms with Crippen LogP contribution in [0.5, 0.6) is 5.75 Å². The summed E-state index contributed by atoms with van der Waals surface area (Å²) in [5, 5.41) is 9.54. The van der Waals surface area contributed by atoms with E-state index in [9.17, 15) is 18.4 Å². The number of ether oxygens (including phenoxy) is 2. The number of hydrogen-bond acceptors (Lipinski definition) is 5. The molecule has 0 saturated carbocycles. The average molecular weight is 412 g/mol. The summed E-state index contributed by atoms with van der Waals surface area (Å²) >= 11 is 0. The Labute approximate surface area is 171 Å². The normalized spacial score (nSPS) is 10.7. The smallest absolute Gasteiger partial charge is 0.387 e. The summed E-state index contributed by atoms with van der Waals surface area (Å²) in [6.07, 6.45) is 1.87. The number of halogens is 2. The molecule has 3 aromatic rings. The summed E-state index contributed by atoms with van der Waals surface area (Å²) in [5.41, 5.74) is 1.79. The van der Waals surface area contributed by atoms with Gasteiger partial charge in [-0.1, -0.05) is 30.3 Å². The molecule has 1 heterocycles. The van der Waals surface area contributed by atoms with Crippen molar-refractivity contribution in [3.8, 4) is 11.8 Å². The number of carbonyl (C=O) groups excluding carboxylic acids is 2. The molecule has 0 bridgehead atoms. The fraction of sp³-hybridized carbons (Fsp3) is 0.227. The number of rotatable bonds is 9. The maximum Gasteiger partial charge on any atom is 0.387 e. The van der Waals surface area contributed by atoms with Gasteiger partial charge >= 0.3 is 12.6 Å². The molecule has 0 fully saturated rings. The second-order valence-corrected chi connectivity index (χ2v) is 6.44. The van der Waals surface area contributed by atoms with Gasteiger partial charge in [-0.3, -0.25) is 9.59 Å². The third kappa shape index (κ3) is 5.20. The molecule has 0 spiro atoms. The maximum atomic E-state index is 12.6. The number of fused-ring (bicyclic) bond motifs is 1. The lowest BCUT2D eigenvalue weighted by molar-refractivity contribution is -0.141. The zero-order valence-electron chi connectivity index (χ0n) is 15.9. The van der Waals surface area contributed by atoms with Crippen LogP contribution < -0.4 is 4.74 Å². The van der Waals surface area contributed by atoms with E-state index in [0.717, 1.165) is 10.9 Å². The molecule has 0 unspecified atom stereocenters. The Morgan fingerprint density at radius 3 is 2.53 bits per heavy atom. The summed E-state index contributed by atoms with van der Waals surface area (Å²) in [4.78, 5) is 24.7. The number of aryl methyl sites for hydroxylation is 1. The number of alkyl halides is 2. The number of carbonyl (C=O) groups is 2. The minimum Gasteiger partial charge on any atom is -0.457 e. The molecule has 0 aliphatic heterocycles. The molecule has 0 atom stereocenters. The van der Waals surface area contributed by atoms with E-state index in [2.05, 4.69) is 10.8 Å². The monoisotopic (exact) mass is 412 g/mol. The molecule has 3 rings (SSSR count). The predicted molar refractivity (Wildman–Crippen MR) is 104 cm³/mol. The van der Waals surface area contributed by atoms with Crippen LogP contribution in [0.15, 0.2) is 54.7 Å². The standard InChI is InChI=1S/C22H18F2N2O4/c23-22(24)30-16-8-6-15(7-9-16)12-21(28)29-14-20(27)18-13-26(11-3-10-25)19-5-2-1-4-17(18)19/h1-2,4-9,13,22H,3,11-12,14H2. The van der Waals surface area contributed by atoms with E-state index in [-0.39, 0.29) is 18.0 Å². The Balaban J connectivity index is 1.61. The van der Waals surface area contributed by atoms with Gasteiger partial charge in [0.1, 0.15) is 5.75 Å². The molecule has 0 N–H and O–H groups in total. The SMILES string of the molecule is N#CCCn1cc(C(=O)COC(=O)Cc2ccc(OC(F)F)cc2)c2ccccc21. The zero-order chi connectivity index (χ0) is 21.5. The third-order valence-electron chi connectivity index (χ3n) is 4.41. The van der Waals surface area contributed by atoms with Crippen molar-refractivity contribution in [1.29, 1.82) is 5.26 Å². The maximum absolute atomic E-state index is 12.6. The minimum atomic E-state index is -2.92. The van der Waals surface area contributed by atoms with Crippen molar-refractivity contribution in [2.75, 3.05) is 6.61 Å². The van der Waals surface area contributed by atoms with Crippen molar-refractivity contribution in [3.05, 3.63) is 65.9 Å². The molecule has 0 saturated heterocycles. The molecule has 2 aromatic carbocycles. The third-order valence-corrected chi connectivity index (χ3v) is 4.41. The van der Waals surface area contributed by atoms with Crippen LogP contribution >= 0.6 is 0 Å². The minimum absolute atomic E-state index is 0.00918. The summed E-state index contributed by atoms with van der Waals surface area (Å²) in [6.45, 7) is -2.88. The van der Waals surface area contributed by atoms with Gasteiger partial charge in [-0.25, -0.2) is 0 Å². The van der Waals surface area contributed by atoms with Gasteiger partial charge in [0, 0.05) is 29.2 Å². The molecule has 0 aliphatic carbocycles. The number of hydrogen-bond donors (Lipinski definition) is 0. The highest BCUT2D eigenvalue weighted by molar-refractivity contribution is 6.09. The van der Waals surface area contributed by atoms with Gasteiger partial charge in [0.05, 0.1) is 18.9 Å². The van der Waals surface area contributed by atoms with Gasteiger partial charge in [-0.15, -0.1) is 0 Å². The number of nitriles is 1. The van der Waals surface area contributed by atoms with Crippen LogP contribution in [0, 0.1) is 11.3 Å². The number of ketones is 1. The van der Waals surface area contributed by atoms with Crippen LogP contribution in [-0.2, 0) is 22.5 Å². The van der Waals surface area contributed by atoms with Crippen molar-refractivity contribution in [2.24, 2.45) is 0 Å². The van der Waals surface area contributed by atoms with E-state index in [1.165, 1.54) is 24.3 Å². The fourth-order valence-corrected chi connectivity index (χ4v) is 3.05. The fourth-order valence-electron chi connectivity index (χ4n) is 3.05. The molecule has 8 heteroatoms. The molecule has 1 aromatic heterocycles. The van der Waals surface area contributed by atoms with Crippen LogP contribution in [0.3, 0.4) is 0 Å². The van der Waals surface area contributed by atoms with Gasteiger partial charge in [0.15, 0.2) is 6.61 Å². The highest BCUT2D eigenvalue weighted by atomic mass is 19.3. The van der Waals surface area contributed by atoms with Crippen LogP contribution in [0.1, 0.15) is 22.3 Å². The Hall–Kier alpha value is -3.73. The topological polar surface area (TPSA) is 81.3 Å². The van der Waals surface area contributed by atoms with Crippen molar-refractivity contribution in [3.63, 3.8) is 0 Å². The Morgan fingerprint density at radius 1 is 1.10 bits per heavy atom. The largest absolute Gasteiger partial charge is 0.457 e. The zero-order valence-corrected chi connectivity index (χ0v) is 15.9. The summed E-state index contributed by atoms with van der Waals surface area (Å²) < 4.78 is 35.5. The van der Waals surface area contributed by atoms with Crippen molar-refractivity contribution in [2.45, 2.75) is 26.0 Å². The number of para-hydroxylation sites is 1. The Kier molecular flexibility index (Phi) is 6.75. The highest BCUT2D eigenvalue weighted by Gasteiger charge is 2.17. The van der Waals surface area contributed by atoms with Gasteiger partial charge in [0.25, 0.3) is 0 Å². The Bertz CT molecular complexity index is 1080.